The van der Waals surface area contributed by atoms with E-state index in [1.54, 1.807) is 14.2 Å². The van der Waals surface area contributed by atoms with Gasteiger partial charge in [0.1, 0.15) is 0 Å². The zero-order valence-electron chi connectivity index (χ0n) is 10.6. The van der Waals surface area contributed by atoms with Gasteiger partial charge in [0, 0.05) is 31.5 Å². The molecule has 0 amide bonds. The van der Waals surface area contributed by atoms with Crippen molar-refractivity contribution in [2.75, 3.05) is 27.4 Å². The fourth-order valence-electron chi connectivity index (χ4n) is 3.86. The molecule has 4 heteroatoms. The quantitative estimate of drug-likeness (QED) is 0.554. The van der Waals surface area contributed by atoms with Gasteiger partial charge in [-0.3, -0.25) is 0 Å². The summed E-state index contributed by atoms with van der Waals surface area (Å²) < 4.78 is 22.8. The molecule has 2 bridgehead atoms. The summed E-state index contributed by atoms with van der Waals surface area (Å²) in [7, 11) is 3.44. The van der Waals surface area contributed by atoms with Crippen LogP contribution in [0.15, 0.2) is 12.2 Å². The molecule has 0 aromatic rings. The topological polar surface area (TPSA) is 36.9 Å². The van der Waals surface area contributed by atoms with Crippen LogP contribution < -0.4 is 0 Å². The summed E-state index contributed by atoms with van der Waals surface area (Å²) in [6.07, 6.45) is 5.26. The number of rotatable bonds is 3. The highest BCUT2D eigenvalue weighted by atomic mass is 16.7. The molecule has 3 aliphatic rings. The van der Waals surface area contributed by atoms with Crippen molar-refractivity contribution in [3.63, 3.8) is 0 Å². The van der Waals surface area contributed by atoms with Crippen molar-refractivity contribution in [3.05, 3.63) is 12.2 Å². The van der Waals surface area contributed by atoms with E-state index >= 15 is 0 Å². The van der Waals surface area contributed by atoms with Crippen molar-refractivity contribution in [3.8, 4) is 0 Å². The highest BCUT2D eigenvalue weighted by Crippen LogP contribution is 2.61. The largest absolute Gasteiger partial charge is 0.352 e. The van der Waals surface area contributed by atoms with Gasteiger partial charge in [-0.2, -0.15) is 0 Å². The Balaban J connectivity index is 1.93. The Morgan fingerprint density at radius 1 is 1.12 bits per heavy atom. The second-order valence-corrected chi connectivity index (χ2v) is 5.38. The van der Waals surface area contributed by atoms with Crippen LogP contribution in [0.5, 0.6) is 0 Å². The second-order valence-electron chi connectivity index (χ2n) is 5.38. The van der Waals surface area contributed by atoms with Gasteiger partial charge >= 0.3 is 0 Å². The molecule has 3 atom stereocenters. The third-order valence-corrected chi connectivity index (χ3v) is 4.65. The van der Waals surface area contributed by atoms with E-state index < -0.39 is 5.79 Å². The molecule has 0 aromatic heterocycles. The molecule has 3 unspecified atom stereocenters. The first kappa shape index (κ1) is 11.7. The Hall–Kier alpha value is -0.420. The summed E-state index contributed by atoms with van der Waals surface area (Å²) in [6, 6.07) is 0. The maximum atomic E-state index is 5.71. The molecule has 2 fully saturated rings. The van der Waals surface area contributed by atoms with Crippen LogP contribution in [0.1, 0.15) is 13.3 Å². The Labute approximate surface area is 102 Å². The minimum atomic E-state index is -0.524. The van der Waals surface area contributed by atoms with Gasteiger partial charge in [0.25, 0.3) is 0 Å². The third kappa shape index (κ3) is 1.32. The van der Waals surface area contributed by atoms with Crippen molar-refractivity contribution >= 4 is 0 Å². The summed E-state index contributed by atoms with van der Waals surface area (Å²) in [5.74, 6) is -0.0391. The highest BCUT2D eigenvalue weighted by molar-refractivity contribution is 5.24. The van der Waals surface area contributed by atoms with Crippen LogP contribution in [0.2, 0.25) is 0 Å². The first-order chi connectivity index (χ1) is 8.17. The van der Waals surface area contributed by atoms with Crippen molar-refractivity contribution in [1.82, 2.24) is 0 Å². The molecule has 0 N–H and O–H groups in total. The van der Waals surface area contributed by atoms with Crippen molar-refractivity contribution in [2.24, 2.45) is 17.3 Å². The van der Waals surface area contributed by atoms with Gasteiger partial charge in [0.05, 0.1) is 13.2 Å². The standard InChI is InChI=1S/C13H20O4/c1-12(11-16-6-7-17-11)8-9-4-5-10(12)13(9,14-2)15-3/h4-5,9-11H,6-8H2,1-3H3. The van der Waals surface area contributed by atoms with Crippen LogP contribution in [0.3, 0.4) is 0 Å². The van der Waals surface area contributed by atoms with Crippen LogP contribution in [-0.4, -0.2) is 39.5 Å². The van der Waals surface area contributed by atoms with Gasteiger partial charge in [-0.25, -0.2) is 0 Å². The third-order valence-electron chi connectivity index (χ3n) is 4.65. The lowest BCUT2D eigenvalue weighted by atomic mass is 9.76. The molecule has 1 aliphatic heterocycles. The Kier molecular flexibility index (Phi) is 2.60. The number of hydrogen-bond acceptors (Lipinski definition) is 4. The Morgan fingerprint density at radius 3 is 2.29 bits per heavy atom. The number of methoxy groups -OCH3 is 2. The number of fused-ring (bicyclic) bond motifs is 2. The van der Waals surface area contributed by atoms with Crippen molar-refractivity contribution in [2.45, 2.75) is 25.4 Å². The summed E-state index contributed by atoms with van der Waals surface area (Å²) >= 11 is 0. The maximum Gasteiger partial charge on any atom is 0.180 e. The predicted molar refractivity (Wildman–Crippen MR) is 61.3 cm³/mol. The van der Waals surface area contributed by atoms with Crippen LogP contribution in [-0.2, 0) is 18.9 Å². The predicted octanol–water partition coefficient (Wildman–Crippen LogP) is 1.56. The molecule has 96 valence electrons. The molecule has 3 rings (SSSR count). The van der Waals surface area contributed by atoms with Crippen LogP contribution >= 0.6 is 0 Å². The molecule has 0 aromatic carbocycles. The molecule has 2 aliphatic carbocycles. The van der Waals surface area contributed by atoms with Crippen LogP contribution in [0, 0.1) is 17.3 Å². The normalized spacial score (nSPS) is 43.7. The van der Waals surface area contributed by atoms with E-state index in [9.17, 15) is 0 Å². The Bertz CT molecular complexity index is 330. The SMILES string of the molecule is COC1(OC)C2C=CC1C(C)(C1OCCO1)C2. The van der Waals surface area contributed by atoms with E-state index in [0.717, 1.165) is 6.42 Å². The summed E-state index contributed by atoms with van der Waals surface area (Å²) in [5.41, 5.74) is -0.0536. The van der Waals surface area contributed by atoms with E-state index in [1.807, 2.05) is 0 Å². The lowest BCUT2D eigenvalue weighted by Gasteiger charge is -2.38. The van der Waals surface area contributed by atoms with E-state index in [4.69, 9.17) is 18.9 Å². The van der Waals surface area contributed by atoms with Gasteiger partial charge in [0.2, 0.25) is 0 Å². The van der Waals surface area contributed by atoms with E-state index in [2.05, 4.69) is 19.1 Å². The van der Waals surface area contributed by atoms with Gasteiger partial charge < -0.3 is 18.9 Å². The van der Waals surface area contributed by atoms with Gasteiger partial charge in [-0.05, 0) is 6.42 Å². The van der Waals surface area contributed by atoms with Crippen LogP contribution in [0.25, 0.3) is 0 Å². The zero-order chi connectivity index (χ0) is 12.1. The smallest absolute Gasteiger partial charge is 0.180 e. The monoisotopic (exact) mass is 240 g/mol. The van der Waals surface area contributed by atoms with Crippen molar-refractivity contribution < 1.29 is 18.9 Å². The molecule has 17 heavy (non-hydrogen) atoms. The summed E-state index contributed by atoms with van der Waals surface area (Å²) in [5, 5.41) is 0. The van der Waals surface area contributed by atoms with Crippen LogP contribution in [0.4, 0.5) is 0 Å². The van der Waals surface area contributed by atoms with E-state index in [0.29, 0.717) is 19.1 Å². The molecular formula is C13H20O4. The molecule has 0 spiro atoms. The molecule has 0 radical (unpaired) electrons. The maximum absolute atomic E-state index is 5.71. The molecule has 1 saturated carbocycles. The van der Waals surface area contributed by atoms with E-state index in [1.165, 1.54) is 0 Å². The summed E-state index contributed by atoms with van der Waals surface area (Å²) in [4.78, 5) is 0. The van der Waals surface area contributed by atoms with Gasteiger partial charge in [-0.1, -0.05) is 19.1 Å². The fourth-order valence-corrected chi connectivity index (χ4v) is 3.86. The molecular weight excluding hydrogens is 220 g/mol. The number of hydrogen-bond donors (Lipinski definition) is 0. The fraction of sp³-hybridized carbons (Fsp3) is 0.846. The first-order valence-corrected chi connectivity index (χ1v) is 6.19. The molecule has 1 saturated heterocycles. The average molecular weight is 240 g/mol. The summed E-state index contributed by atoms with van der Waals surface area (Å²) in [6.45, 7) is 3.59. The lowest BCUT2D eigenvalue weighted by Crippen LogP contribution is -2.45. The van der Waals surface area contributed by atoms with Gasteiger partial charge in [0.15, 0.2) is 12.1 Å². The molecule has 1 heterocycles. The number of ether oxygens (including phenoxy) is 4. The average Bonchev–Trinajstić information content (AvgIpc) is 3.02. The second kappa shape index (κ2) is 3.79. The Morgan fingerprint density at radius 2 is 1.76 bits per heavy atom. The zero-order valence-corrected chi connectivity index (χ0v) is 10.6. The first-order valence-electron chi connectivity index (χ1n) is 6.19. The minimum absolute atomic E-state index is 0.0536. The van der Waals surface area contributed by atoms with Crippen molar-refractivity contribution in [1.29, 1.82) is 0 Å². The lowest BCUT2D eigenvalue weighted by molar-refractivity contribution is -0.246. The minimum Gasteiger partial charge on any atom is -0.352 e. The highest BCUT2D eigenvalue weighted by Gasteiger charge is 2.66. The van der Waals surface area contributed by atoms with Gasteiger partial charge in [-0.15, -0.1) is 0 Å². The molecule has 4 nitrogen and oxygen atoms in total. The van der Waals surface area contributed by atoms with E-state index in [-0.39, 0.29) is 17.6 Å².